The Morgan fingerprint density at radius 3 is 2.59 bits per heavy atom. The molecule has 0 spiro atoms. The zero-order valence-electron chi connectivity index (χ0n) is 21.0. The van der Waals surface area contributed by atoms with Gasteiger partial charge in [-0.15, -0.1) is 0 Å². The van der Waals surface area contributed by atoms with Crippen LogP contribution in [0.25, 0.3) is 33.2 Å². The quantitative estimate of drug-likeness (QED) is 0.306. The first-order chi connectivity index (χ1) is 17.5. The summed E-state index contributed by atoms with van der Waals surface area (Å²) in [6, 6.07) is 12.6. The smallest absolute Gasteiger partial charge is 0.271 e. The number of benzene rings is 2. The Hall–Kier alpha value is -4.17. The number of carbonyl (C=O) groups excluding carboxylic acids is 1. The van der Waals surface area contributed by atoms with Gasteiger partial charge in [0, 0.05) is 34.8 Å². The van der Waals surface area contributed by atoms with Gasteiger partial charge in [-0.05, 0) is 75.7 Å². The molecule has 0 aliphatic rings. The summed E-state index contributed by atoms with van der Waals surface area (Å²) in [7, 11) is 1.90. The minimum absolute atomic E-state index is 0.0746. The molecule has 1 atom stereocenters. The Bertz CT molecular complexity index is 1790. The van der Waals surface area contributed by atoms with E-state index in [9.17, 15) is 9.59 Å². The molecule has 5 rings (SSSR count). The van der Waals surface area contributed by atoms with Gasteiger partial charge in [0.2, 0.25) is 0 Å². The molecule has 0 saturated heterocycles. The summed E-state index contributed by atoms with van der Waals surface area (Å²) in [4.78, 5) is 29.4. The molecule has 5 aromatic rings. The number of pyridine rings is 1. The van der Waals surface area contributed by atoms with Gasteiger partial charge in [0.1, 0.15) is 22.6 Å². The van der Waals surface area contributed by atoms with Crippen LogP contribution in [0, 0.1) is 20.8 Å². The van der Waals surface area contributed by atoms with E-state index in [0.717, 1.165) is 27.7 Å². The van der Waals surface area contributed by atoms with Gasteiger partial charge >= 0.3 is 0 Å². The zero-order valence-corrected chi connectivity index (χ0v) is 21.8. The number of rotatable bonds is 5. The molecule has 2 aromatic carbocycles. The number of primary amides is 1. The van der Waals surface area contributed by atoms with Crippen LogP contribution in [0.1, 0.15) is 45.9 Å². The maximum atomic E-state index is 13.5. The van der Waals surface area contributed by atoms with Crippen LogP contribution in [0.4, 0.5) is 0 Å². The Kier molecular flexibility index (Phi) is 6.00. The number of aromatic nitrogens is 3. The molecule has 0 radical (unpaired) electrons. The van der Waals surface area contributed by atoms with E-state index in [-0.39, 0.29) is 22.0 Å². The SMILES string of the molecule is Cc1cc([C@@H](C)Oc2ccc(Cl)nc2C(N)=O)c2oc(-c3ccc4nn(C)c(C)c4c3)c(C)c(=O)c2c1. The van der Waals surface area contributed by atoms with Gasteiger partial charge in [-0.1, -0.05) is 11.6 Å². The van der Waals surface area contributed by atoms with Crippen LogP contribution in [-0.2, 0) is 7.05 Å². The summed E-state index contributed by atoms with van der Waals surface area (Å²) in [5.74, 6) is -0.0958. The van der Waals surface area contributed by atoms with Crippen molar-refractivity contribution in [2.45, 2.75) is 33.8 Å². The maximum Gasteiger partial charge on any atom is 0.271 e. The van der Waals surface area contributed by atoms with Crippen LogP contribution < -0.4 is 15.9 Å². The van der Waals surface area contributed by atoms with E-state index in [1.807, 2.05) is 49.8 Å². The lowest BCUT2D eigenvalue weighted by atomic mass is 9.99. The molecule has 9 heteroatoms. The molecular weight excluding hydrogens is 492 g/mol. The lowest BCUT2D eigenvalue weighted by Crippen LogP contribution is -2.17. The van der Waals surface area contributed by atoms with Gasteiger partial charge in [-0.2, -0.15) is 5.10 Å². The number of carbonyl (C=O) groups is 1. The molecule has 188 valence electrons. The Morgan fingerprint density at radius 2 is 1.86 bits per heavy atom. The molecule has 0 aliphatic carbocycles. The first kappa shape index (κ1) is 24.5. The number of aryl methyl sites for hydroxylation is 3. The highest BCUT2D eigenvalue weighted by molar-refractivity contribution is 6.29. The number of nitrogens with zero attached hydrogens (tertiary/aromatic N) is 3. The molecule has 0 bridgehead atoms. The average molecular weight is 517 g/mol. The third kappa shape index (κ3) is 4.23. The predicted octanol–water partition coefficient (Wildman–Crippen LogP) is 5.56. The Morgan fingerprint density at radius 1 is 1.11 bits per heavy atom. The number of ether oxygens (including phenoxy) is 1. The maximum absolute atomic E-state index is 13.5. The summed E-state index contributed by atoms with van der Waals surface area (Å²) >= 11 is 5.94. The third-order valence-electron chi connectivity index (χ3n) is 6.58. The second-order valence-electron chi connectivity index (χ2n) is 9.16. The topological polar surface area (TPSA) is 113 Å². The normalized spacial score (nSPS) is 12.3. The van der Waals surface area contributed by atoms with Crippen LogP contribution >= 0.6 is 11.6 Å². The van der Waals surface area contributed by atoms with E-state index in [0.29, 0.717) is 27.9 Å². The molecule has 3 heterocycles. The van der Waals surface area contributed by atoms with E-state index < -0.39 is 12.0 Å². The number of fused-ring (bicyclic) bond motifs is 2. The van der Waals surface area contributed by atoms with E-state index >= 15 is 0 Å². The first-order valence-corrected chi connectivity index (χ1v) is 12.1. The van der Waals surface area contributed by atoms with Crippen LogP contribution in [-0.4, -0.2) is 20.7 Å². The minimum atomic E-state index is -0.760. The second kappa shape index (κ2) is 9.05. The summed E-state index contributed by atoms with van der Waals surface area (Å²) in [5, 5.41) is 6.07. The monoisotopic (exact) mass is 516 g/mol. The average Bonchev–Trinajstić information content (AvgIpc) is 3.14. The van der Waals surface area contributed by atoms with Crippen LogP contribution in [0.3, 0.4) is 0 Å². The van der Waals surface area contributed by atoms with Crippen LogP contribution in [0.2, 0.25) is 5.15 Å². The summed E-state index contributed by atoms with van der Waals surface area (Å²) in [6.07, 6.45) is -0.606. The Labute approximate surface area is 217 Å². The molecule has 3 aromatic heterocycles. The molecule has 8 nitrogen and oxygen atoms in total. The van der Waals surface area contributed by atoms with Crippen LogP contribution in [0.15, 0.2) is 51.7 Å². The highest BCUT2D eigenvalue weighted by atomic mass is 35.5. The van der Waals surface area contributed by atoms with E-state index in [2.05, 4.69) is 10.1 Å². The van der Waals surface area contributed by atoms with Crippen molar-refractivity contribution >= 4 is 39.4 Å². The highest BCUT2D eigenvalue weighted by Crippen LogP contribution is 2.34. The molecule has 2 N–H and O–H groups in total. The molecule has 0 saturated carbocycles. The van der Waals surface area contributed by atoms with Gasteiger partial charge in [0.05, 0.1) is 10.9 Å². The fourth-order valence-electron chi connectivity index (χ4n) is 4.56. The van der Waals surface area contributed by atoms with Crippen molar-refractivity contribution < 1.29 is 13.9 Å². The van der Waals surface area contributed by atoms with Gasteiger partial charge in [0.15, 0.2) is 16.9 Å². The van der Waals surface area contributed by atoms with Gasteiger partial charge < -0.3 is 14.9 Å². The number of halogens is 1. The number of amides is 1. The van der Waals surface area contributed by atoms with Crippen molar-refractivity contribution in [2.24, 2.45) is 12.8 Å². The summed E-state index contributed by atoms with van der Waals surface area (Å²) < 4.78 is 14.4. The lowest BCUT2D eigenvalue weighted by molar-refractivity contribution is 0.0988. The third-order valence-corrected chi connectivity index (χ3v) is 6.79. The van der Waals surface area contributed by atoms with Crippen molar-refractivity contribution in [3.8, 4) is 17.1 Å². The predicted molar refractivity (Wildman–Crippen MR) is 143 cm³/mol. The molecule has 0 fully saturated rings. The zero-order chi connectivity index (χ0) is 26.6. The standard InChI is InChI=1S/C28H25ClN4O4/c1-13-10-19(16(4)36-22-8-9-23(29)31-24(22)28(30)35)27-20(11-13)25(34)14(2)26(37-27)17-6-7-21-18(12-17)15(3)33(5)32-21/h6-12,16H,1-5H3,(H2,30,35)/t16-/m1/s1. The van der Waals surface area contributed by atoms with Crippen molar-refractivity contribution in [2.75, 3.05) is 0 Å². The Balaban J connectivity index is 1.68. The van der Waals surface area contributed by atoms with Crippen LogP contribution in [0.5, 0.6) is 5.75 Å². The molecular formula is C28H25ClN4O4. The van der Waals surface area contributed by atoms with Crippen molar-refractivity contribution in [3.63, 3.8) is 0 Å². The first-order valence-electron chi connectivity index (χ1n) is 11.7. The van der Waals surface area contributed by atoms with Gasteiger partial charge in [-0.3, -0.25) is 14.3 Å². The van der Waals surface area contributed by atoms with E-state index in [4.69, 9.17) is 26.5 Å². The summed E-state index contributed by atoms with van der Waals surface area (Å²) in [5.41, 5.74) is 10.4. The molecule has 37 heavy (non-hydrogen) atoms. The van der Waals surface area contributed by atoms with E-state index in [1.165, 1.54) is 6.07 Å². The molecule has 1 amide bonds. The lowest BCUT2D eigenvalue weighted by Gasteiger charge is -2.19. The molecule has 0 aliphatic heterocycles. The number of hydrogen-bond acceptors (Lipinski definition) is 6. The van der Waals surface area contributed by atoms with Gasteiger partial charge in [-0.25, -0.2) is 4.98 Å². The fraction of sp³-hybridized carbons (Fsp3) is 0.214. The van der Waals surface area contributed by atoms with E-state index in [1.54, 1.807) is 26.0 Å². The number of hydrogen-bond donors (Lipinski definition) is 1. The molecule has 0 unspecified atom stereocenters. The highest BCUT2D eigenvalue weighted by Gasteiger charge is 2.22. The minimum Gasteiger partial charge on any atom is -0.483 e. The van der Waals surface area contributed by atoms with Crippen molar-refractivity contribution in [1.82, 2.24) is 14.8 Å². The van der Waals surface area contributed by atoms with Crippen molar-refractivity contribution in [1.29, 1.82) is 0 Å². The number of nitrogens with two attached hydrogens (primary N) is 1. The second-order valence-corrected chi connectivity index (χ2v) is 9.55. The fourth-order valence-corrected chi connectivity index (χ4v) is 4.71. The van der Waals surface area contributed by atoms with Crippen molar-refractivity contribution in [3.05, 3.63) is 85.9 Å². The van der Waals surface area contributed by atoms with Gasteiger partial charge in [0.25, 0.3) is 5.91 Å². The largest absolute Gasteiger partial charge is 0.483 e. The summed E-state index contributed by atoms with van der Waals surface area (Å²) in [6.45, 7) is 7.46.